The first-order valence-electron chi connectivity index (χ1n) is 8.53. The summed E-state index contributed by atoms with van der Waals surface area (Å²) in [6.45, 7) is 2.25. The summed E-state index contributed by atoms with van der Waals surface area (Å²) in [6, 6.07) is 9.61. The Bertz CT molecular complexity index is 1010. The highest BCUT2D eigenvalue weighted by Crippen LogP contribution is 2.35. The van der Waals surface area contributed by atoms with Crippen LogP contribution in [0.2, 0.25) is 0 Å². The van der Waals surface area contributed by atoms with Gasteiger partial charge in [-0.3, -0.25) is 20.6 Å². The average molecular weight is 386 g/mol. The van der Waals surface area contributed by atoms with Gasteiger partial charge in [-0.25, -0.2) is 4.98 Å². The molecule has 6 nitrogen and oxygen atoms in total. The van der Waals surface area contributed by atoms with Gasteiger partial charge in [-0.1, -0.05) is 25.1 Å². The van der Waals surface area contributed by atoms with Gasteiger partial charge in [0.15, 0.2) is 5.11 Å². The number of aryl methyl sites for hydroxylation is 1. The maximum absolute atomic E-state index is 12.5. The van der Waals surface area contributed by atoms with Crippen molar-refractivity contribution in [2.45, 2.75) is 26.2 Å². The Morgan fingerprint density at radius 2 is 2.15 bits per heavy atom. The Kier molecular flexibility index (Phi) is 4.60. The summed E-state index contributed by atoms with van der Waals surface area (Å²) in [7, 11) is 0. The third-order valence-electron chi connectivity index (χ3n) is 4.49. The van der Waals surface area contributed by atoms with Crippen molar-refractivity contribution in [3.63, 3.8) is 0 Å². The maximum atomic E-state index is 12.5. The highest BCUT2D eigenvalue weighted by Gasteiger charge is 2.23. The minimum atomic E-state index is -0.103. The van der Waals surface area contributed by atoms with Crippen LogP contribution in [0, 0.1) is 5.92 Å². The highest BCUT2D eigenvalue weighted by molar-refractivity contribution is 7.80. The monoisotopic (exact) mass is 385 g/mol. The van der Waals surface area contributed by atoms with Crippen molar-refractivity contribution in [2.75, 3.05) is 10.7 Å². The minimum absolute atomic E-state index is 0.103. The van der Waals surface area contributed by atoms with Crippen LogP contribution in [0.3, 0.4) is 0 Å². The Morgan fingerprint density at radius 3 is 2.96 bits per heavy atom. The van der Waals surface area contributed by atoms with Crippen LogP contribution in [-0.4, -0.2) is 15.1 Å². The van der Waals surface area contributed by atoms with E-state index in [0.717, 1.165) is 35.2 Å². The Labute approximate surface area is 160 Å². The van der Waals surface area contributed by atoms with Gasteiger partial charge in [-0.15, -0.1) is 11.3 Å². The second-order valence-corrected chi connectivity index (χ2v) is 8.01. The van der Waals surface area contributed by atoms with Crippen molar-refractivity contribution >= 4 is 50.5 Å². The molecule has 0 saturated heterocycles. The maximum Gasteiger partial charge on any atom is 0.261 e. The summed E-state index contributed by atoms with van der Waals surface area (Å²) in [5, 5.41) is 4.18. The lowest BCUT2D eigenvalue weighted by Gasteiger charge is -2.17. The Balaban J connectivity index is 1.51. The van der Waals surface area contributed by atoms with Gasteiger partial charge in [0.25, 0.3) is 5.56 Å². The largest absolute Gasteiger partial charge is 0.331 e. The molecule has 2 aromatic heterocycles. The first kappa shape index (κ1) is 17.0. The van der Waals surface area contributed by atoms with E-state index < -0.39 is 0 Å². The molecule has 1 atom stereocenters. The number of fused-ring (bicyclic) bond motifs is 3. The molecule has 1 aromatic carbocycles. The zero-order valence-electron chi connectivity index (χ0n) is 14.3. The lowest BCUT2D eigenvalue weighted by molar-refractivity contribution is 0.509. The van der Waals surface area contributed by atoms with E-state index in [0.29, 0.717) is 17.0 Å². The minimum Gasteiger partial charge on any atom is -0.331 e. The number of hydrogen-bond acceptors (Lipinski definition) is 5. The number of aromatic amines is 1. The molecule has 0 bridgehead atoms. The summed E-state index contributed by atoms with van der Waals surface area (Å²) < 4.78 is 0. The molecule has 0 radical (unpaired) electrons. The van der Waals surface area contributed by atoms with E-state index in [9.17, 15) is 4.79 Å². The van der Waals surface area contributed by atoms with Crippen LogP contribution in [0.15, 0.2) is 35.1 Å². The van der Waals surface area contributed by atoms with E-state index >= 15 is 0 Å². The summed E-state index contributed by atoms with van der Waals surface area (Å²) in [4.78, 5) is 22.0. The first-order valence-corrected chi connectivity index (χ1v) is 9.75. The van der Waals surface area contributed by atoms with Crippen LogP contribution >= 0.6 is 23.6 Å². The molecule has 26 heavy (non-hydrogen) atoms. The number of nitrogens with zero attached hydrogens (tertiary/aromatic N) is 1. The van der Waals surface area contributed by atoms with Gasteiger partial charge in [-0.2, -0.15) is 0 Å². The smallest absolute Gasteiger partial charge is 0.261 e. The predicted octanol–water partition coefficient (Wildman–Crippen LogP) is 3.42. The van der Waals surface area contributed by atoms with E-state index in [1.807, 2.05) is 30.3 Å². The SMILES string of the molecule is CC1CCc2c(sc3nc(NNC(=S)Nc4ccccc4)[nH]c(=O)c23)C1. The summed E-state index contributed by atoms with van der Waals surface area (Å²) in [5.74, 6) is 1.02. The van der Waals surface area contributed by atoms with Crippen molar-refractivity contribution < 1.29 is 0 Å². The molecule has 0 spiro atoms. The molecule has 2 heterocycles. The Morgan fingerprint density at radius 1 is 1.35 bits per heavy atom. The lowest BCUT2D eigenvalue weighted by atomic mass is 9.89. The molecular formula is C18H19N5OS2. The average Bonchev–Trinajstić information content (AvgIpc) is 2.98. The second kappa shape index (κ2) is 7.05. The van der Waals surface area contributed by atoms with Gasteiger partial charge in [0.05, 0.1) is 5.39 Å². The van der Waals surface area contributed by atoms with Crippen LogP contribution in [0.1, 0.15) is 23.8 Å². The molecule has 3 aromatic rings. The molecule has 0 saturated carbocycles. The fourth-order valence-corrected chi connectivity index (χ4v) is 4.76. The third-order valence-corrected chi connectivity index (χ3v) is 5.84. The Hall–Kier alpha value is -2.45. The molecule has 4 N–H and O–H groups in total. The molecule has 0 fully saturated rings. The van der Waals surface area contributed by atoms with Crippen LogP contribution < -0.4 is 21.7 Å². The molecule has 4 rings (SSSR count). The number of anilines is 2. The standard InChI is InChI=1S/C18H19N5OS2/c1-10-7-8-12-13(9-10)26-16-14(12)15(24)20-17(21-16)22-23-18(25)19-11-5-3-2-4-6-11/h2-6,10H,7-9H2,1H3,(H2,19,23,25)(H2,20,21,22,24). The van der Waals surface area contributed by atoms with Gasteiger partial charge in [0.1, 0.15) is 4.83 Å². The number of hydrogen-bond donors (Lipinski definition) is 4. The number of nitrogens with one attached hydrogen (secondary N) is 4. The summed E-state index contributed by atoms with van der Waals surface area (Å²) in [6.07, 6.45) is 3.11. The van der Waals surface area contributed by atoms with Crippen LogP contribution in [-0.2, 0) is 12.8 Å². The number of H-pyrrole nitrogens is 1. The highest BCUT2D eigenvalue weighted by atomic mass is 32.1. The molecule has 134 valence electrons. The molecule has 0 aliphatic heterocycles. The molecule has 1 unspecified atom stereocenters. The number of hydrazine groups is 1. The van der Waals surface area contributed by atoms with Gasteiger partial charge in [0, 0.05) is 10.6 Å². The van der Waals surface area contributed by atoms with Crippen molar-refractivity contribution in [3.8, 4) is 0 Å². The van der Waals surface area contributed by atoms with Crippen molar-refractivity contribution in [3.05, 3.63) is 51.1 Å². The number of benzene rings is 1. The van der Waals surface area contributed by atoms with E-state index in [1.165, 1.54) is 10.4 Å². The number of thiocarbonyl (C=S) groups is 1. The molecular weight excluding hydrogens is 366 g/mol. The van der Waals surface area contributed by atoms with Gasteiger partial charge < -0.3 is 5.32 Å². The van der Waals surface area contributed by atoms with Gasteiger partial charge >= 0.3 is 0 Å². The number of thiophene rings is 1. The number of aromatic nitrogens is 2. The van der Waals surface area contributed by atoms with Crippen molar-refractivity contribution in [1.29, 1.82) is 0 Å². The van der Waals surface area contributed by atoms with E-state index in [1.54, 1.807) is 11.3 Å². The fourth-order valence-electron chi connectivity index (χ4n) is 3.21. The topological polar surface area (TPSA) is 81.8 Å². The normalized spacial score (nSPS) is 16.1. The van der Waals surface area contributed by atoms with Crippen LogP contribution in [0.25, 0.3) is 10.2 Å². The zero-order valence-corrected chi connectivity index (χ0v) is 15.9. The quantitative estimate of drug-likeness (QED) is 0.409. The number of rotatable bonds is 3. The first-order chi connectivity index (χ1) is 12.6. The zero-order chi connectivity index (χ0) is 18.1. The van der Waals surface area contributed by atoms with Crippen molar-refractivity contribution in [2.24, 2.45) is 5.92 Å². The molecule has 8 heteroatoms. The van der Waals surface area contributed by atoms with Gasteiger partial charge in [-0.05, 0) is 55.1 Å². The lowest BCUT2D eigenvalue weighted by Crippen LogP contribution is -2.34. The second-order valence-electron chi connectivity index (χ2n) is 6.52. The van der Waals surface area contributed by atoms with Gasteiger partial charge in [0.2, 0.25) is 5.95 Å². The molecule has 0 amide bonds. The number of para-hydroxylation sites is 1. The third kappa shape index (κ3) is 3.42. The summed E-state index contributed by atoms with van der Waals surface area (Å²) >= 11 is 6.87. The molecule has 1 aliphatic rings. The summed E-state index contributed by atoms with van der Waals surface area (Å²) in [5.41, 5.74) is 7.68. The van der Waals surface area contributed by atoms with E-state index in [2.05, 4.69) is 33.1 Å². The fraction of sp³-hybridized carbons (Fsp3) is 0.278. The molecule has 1 aliphatic carbocycles. The van der Waals surface area contributed by atoms with Crippen LogP contribution in [0.4, 0.5) is 11.6 Å². The van der Waals surface area contributed by atoms with Crippen molar-refractivity contribution in [1.82, 2.24) is 15.4 Å². The van der Waals surface area contributed by atoms with E-state index in [4.69, 9.17) is 12.2 Å². The van der Waals surface area contributed by atoms with E-state index in [-0.39, 0.29) is 5.56 Å². The predicted molar refractivity (Wildman–Crippen MR) is 111 cm³/mol. The van der Waals surface area contributed by atoms with Crippen LogP contribution in [0.5, 0.6) is 0 Å².